The first kappa shape index (κ1) is 24.8. The van der Waals surface area contributed by atoms with Crippen LogP contribution in [0, 0.1) is 5.82 Å². The number of alkyl halides is 3. The fraction of sp³-hybridized carbons (Fsp3) is 0.217. The average molecular weight is 535 g/mol. The molecule has 37 heavy (non-hydrogen) atoms. The quantitative estimate of drug-likeness (QED) is 0.376. The Labute approximate surface area is 207 Å². The van der Waals surface area contributed by atoms with E-state index in [1.54, 1.807) is 12.1 Å². The van der Waals surface area contributed by atoms with Crippen molar-refractivity contribution < 1.29 is 35.2 Å². The molecule has 1 aromatic carbocycles. The van der Waals surface area contributed by atoms with E-state index in [0.29, 0.717) is 16.8 Å². The van der Waals surface area contributed by atoms with E-state index in [1.807, 2.05) is 0 Å². The van der Waals surface area contributed by atoms with E-state index >= 15 is 0 Å². The molecule has 4 aromatic rings. The van der Waals surface area contributed by atoms with Crippen LogP contribution in [0.3, 0.4) is 0 Å². The molecule has 1 N–H and O–H groups in total. The summed E-state index contributed by atoms with van der Waals surface area (Å²) in [6.07, 6.45) is -0.874. The fourth-order valence-corrected chi connectivity index (χ4v) is 5.40. The number of hydrogen-bond acceptors (Lipinski definition) is 7. The molecule has 0 aliphatic carbocycles. The van der Waals surface area contributed by atoms with E-state index in [2.05, 4.69) is 20.3 Å². The van der Waals surface area contributed by atoms with Gasteiger partial charge in [-0.3, -0.25) is 9.78 Å². The molecule has 9 nitrogen and oxygen atoms in total. The number of furan rings is 1. The number of nitrogens with one attached hydrogen (secondary N) is 1. The van der Waals surface area contributed by atoms with Gasteiger partial charge in [0.05, 0.1) is 12.2 Å². The van der Waals surface area contributed by atoms with Crippen molar-refractivity contribution in [3.63, 3.8) is 0 Å². The van der Waals surface area contributed by atoms with Crippen LogP contribution in [0.5, 0.6) is 0 Å². The van der Waals surface area contributed by atoms with Crippen molar-refractivity contribution in [3.05, 3.63) is 72.3 Å². The number of benzene rings is 1. The number of amides is 1. The standard InChI is InChI=1S/C23H17F4N5O4S/c24-16-1-2-19-14(7-16)9-20(36-19)37(34,35)32-6-4-18(32)21(33)29-12-17-8-13(3-5-28-17)15-10-30-22(31-11-15)23(25,26)27/h1-3,5,7-11,18H,4,6,12H2,(H,29,33)/t18-/m0/s1. The second-order valence-corrected chi connectivity index (χ2v) is 10.0. The Hall–Kier alpha value is -3.91. The van der Waals surface area contributed by atoms with Crippen LogP contribution in [0.15, 0.2) is 64.5 Å². The Morgan fingerprint density at radius 2 is 1.84 bits per heavy atom. The molecule has 1 amide bonds. The largest absolute Gasteiger partial charge is 0.451 e. The van der Waals surface area contributed by atoms with E-state index in [9.17, 15) is 30.8 Å². The number of nitrogens with zero attached hydrogens (tertiary/aromatic N) is 4. The summed E-state index contributed by atoms with van der Waals surface area (Å²) in [7, 11) is -4.14. The molecular formula is C23H17F4N5O4S. The molecule has 14 heteroatoms. The maximum Gasteiger partial charge on any atom is 0.451 e. The molecule has 4 heterocycles. The number of hydrogen-bond donors (Lipinski definition) is 1. The lowest BCUT2D eigenvalue weighted by molar-refractivity contribution is -0.145. The number of halogens is 4. The number of carbonyl (C=O) groups excluding carboxylic acids is 1. The first-order chi connectivity index (χ1) is 17.5. The molecule has 1 fully saturated rings. The van der Waals surface area contributed by atoms with Gasteiger partial charge in [0.2, 0.25) is 16.8 Å². The molecule has 1 aliphatic rings. The SMILES string of the molecule is O=C(NCc1cc(-c2cnc(C(F)(F)F)nc2)ccn1)[C@@H]1CCN1S(=O)(=O)c1cc2cc(F)ccc2o1. The zero-order valence-corrected chi connectivity index (χ0v) is 19.6. The number of rotatable bonds is 6. The van der Waals surface area contributed by atoms with Crippen LogP contribution >= 0.6 is 0 Å². The lowest BCUT2D eigenvalue weighted by Crippen LogP contribution is -2.57. The molecule has 1 aliphatic heterocycles. The van der Waals surface area contributed by atoms with E-state index in [4.69, 9.17) is 4.42 Å². The van der Waals surface area contributed by atoms with Crippen molar-refractivity contribution in [1.82, 2.24) is 24.6 Å². The Bertz CT molecular complexity index is 1590. The third-order valence-corrected chi connectivity index (χ3v) is 7.56. The fourth-order valence-electron chi connectivity index (χ4n) is 3.82. The maximum absolute atomic E-state index is 13.4. The van der Waals surface area contributed by atoms with Crippen molar-refractivity contribution in [2.45, 2.75) is 30.3 Å². The van der Waals surface area contributed by atoms with Gasteiger partial charge in [-0.25, -0.2) is 22.8 Å². The molecule has 0 unspecified atom stereocenters. The molecule has 0 bridgehead atoms. The summed E-state index contributed by atoms with van der Waals surface area (Å²) in [5.74, 6) is -2.35. The summed E-state index contributed by atoms with van der Waals surface area (Å²) >= 11 is 0. The van der Waals surface area contributed by atoms with Crippen molar-refractivity contribution >= 4 is 26.9 Å². The highest BCUT2D eigenvalue weighted by Gasteiger charge is 2.44. The van der Waals surface area contributed by atoms with Crippen molar-refractivity contribution in [2.24, 2.45) is 0 Å². The number of fused-ring (bicyclic) bond motifs is 1. The van der Waals surface area contributed by atoms with Gasteiger partial charge in [-0.15, -0.1) is 0 Å². The highest BCUT2D eigenvalue weighted by Crippen LogP contribution is 2.31. The molecule has 0 spiro atoms. The van der Waals surface area contributed by atoms with Crippen LogP contribution in [0.25, 0.3) is 22.1 Å². The van der Waals surface area contributed by atoms with Gasteiger partial charge in [-0.2, -0.15) is 17.5 Å². The van der Waals surface area contributed by atoms with Crippen molar-refractivity contribution in [3.8, 4) is 11.1 Å². The minimum absolute atomic E-state index is 0.0531. The monoisotopic (exact) mass is 535 g/mol. The second kappa shape index (κ2) is 9.19. The number of aromatic nitrogens is 3. The second-order valence-electron chi connectivity index (χ2n) is 8.21. The average Bonchev–Trinajstić information content (AvgIpc) is 3.26. The zero-order chi connectivity index (χ0) is 26.4. The van der Waals surface area contributed by atoms with E-state index in [0.717, 1.165) is 28.8 Å². The van der Waals surface area contributed by atoms with Crippen LogP contribution in [0.1, 0.15) is 17.9 Å². The van der Waals surface area contributed by atoms with E-state index in [-0.39, 0.29) is 30.5 Å². The first-order valence-electron chi connectivity index (χ1n) is 10.9. The highest BCUT2D eigenvalue weighted by atomic mass is 32.2. The third kappa shape index (κ3) is 4.89. The van der Waals surface area contributed by atoms with Crippen LogP contribution < -0.4 is 5.32 Å². The minimum atomic E-state index is -4.66. The topological polar surface area (TPSA) is 118 Å². The first-order valence-corrected chi connectivity index (χ1v) is 12.3. The summed E-state index contributed by atoms with van der Waals surface area (Å²) in [4.78, 5) is 23.5. The lowest BCUT2D eigenvalue weighted by atomic mass is 10.1. The lowest BCUT2D eigenvalue weighted by Gasteiger charge is -2.37. The minimum Gasteiger partial charge on any atom is -0.443 e. The summed E-state index contributed by atoms with van der Waals surface area (Å²) in [6, 6.07) is 6.96. The number of carbonyl (C=O) groups is 1. The van der Waals surface area contributed by atoms with E-state index < -0.39 is 44.9 Å². The molecule has 0 radical (unpaired) electrons. The Morgan fingerprint density at radius 1 is 1.08 bits per heavy atom. The van der Waals surface area contributed by atoms with Crippen molar-refractivity contribution in [2.75, 3.05) is 6.54 Å². The van der Waals surface area contributed by atoms with Crippen LogP contribution in [-0.4, -0.2) is 46.2 Å². The Balaban J connectivity index is 1.25. The molecule has 1 saturated heterocycles. The molecule has 5 rings (SSSR count). The predicted octanol–water partition coefficient (Wildman–Crippen LogP) is 3.52. The summed E-state index contributed by atoms with van der Waals surface area (Å²) < 4.78 is 83.9. The van der Waals surface area contributed by atoms with Gasteiger partial charge in [0.25, 0.3) is 10.0 Å². The predicted molar refractivity (Wildman–Crippen MR) is 121 cm³/mol. The van der Waals surface area contributed by atoms with Gasteiger partial charge in [0, 0.05) is 42.2 Å². The van der Waals surface area contributed by atoms with Crippen LogP contribution in [-0.2, 0) is 27.5 Å². The van der Waals surface area contributed by atoms with Gasteiger partial charge >= 0.3 is 6.18 Å². The maximum atomic E-state index is 13.4. The van der Waals surface area contributed by atoms with Crippen molar-refractivity contribution in [1.29, 1.82) is 0 Å². The Kier molecular flexibility index (Phi) is 6.15. The summed E-state index contributed by atoms with van der Waals surface area (Å²) in [5.41, 5.74) is 1.40. The highest BCUT2D eigenvalue weighted by molar-refractivity contribution is 7.89. The molecule has 3 aromatic heterocycles. The van der Waals surface area contributed by atoms with Gasteiger partial charge in [-0.1, -0.05) is 0 Å². The smallest absolute Gasteiger partial charge is 0.443 e. The van der Waals surface area contributed by atoms with Gasteiger partial charge in [0.1, 0.15) is 17.4 Å². The normalized spacial score (nSPS) is 16.5. The molecular weight excluding hydrogens is 518 g/mol. The zero-order valence-electron chi connectivity index (χ0n) is 18.7. The van der Waals surface area contributed by atoms with Gasteiger partial charge < -0.3 is 9.73 Å². The molecule has 192 valence electrons. The summed E-state index contributed by atoms with van der Waals surface area (Å²) in [6.45, 7) is 0.0515. The number of pyridine rings is 1. The Morgan fingerprint density at radius 3 is 2.51 bits per heavy atom. The van der Waals surface area contributed by atoms with E-state index in [1.165, 1.54) is 18.3 Å². The van der Waals surface area contributed by atoms with Gasteiger partial charge in [0.15, 0.2) is 0 Å². The van der Waals surface area contributed by atoms with Crippen LogP contribution in [0.2, 0.25) is 0 Å². The number of sulfonamides is 1. The molecule has 1 atom stereocenters. The molecule has 0 saturated carbocycles. The third-order valence-electron chi connectivity index (χ3n) is 5.79. The van der Waals surface area contributed by atoms with Crippen LogP contribution in [0.4, 0.5) is 17.6 Å². The summed E-state index contributed by atoms with van der Waals surface area (Å²) in [5, 5.41) is 2.52. The van der Waals surface area contributed by atoms with Gasteiger partial charge in [-0.05, 0) is 42.3 Å².